The molecule has 2 aliphatic heterocycles. The molecule has 0 radical (unpaired) electrons. The van der Waals surface area contributed by atoms with Crippen LogP contribution in [-0.4, -0.2) is 122 Å². The standard InChI is InChI=1S/C29H36F2N6O3.C29H37FN6O3/c1-36-22-16-32-27(35-24(22)37(20-5-3-4-6-20)17-28(13-14-28)26(36)39)34-21-8-7-18(15-23(21)40-2)25(38)33-19-9-11-29(30,31)12-10-19;1-35-23-16-31-28(34-25(23)36(21-5-3-4-6-21)17-29(11-12-29)27(35)38)33-22-10-8-19(14-24(22)39-2)26(37)32-20-9-7-18(13-20)15-30/h7-8,15-16,19-20H,3-6,9-14,17H2,1-2H3,(H,33,38)(H,32,34,35);8,10,14,16,18,20-21H,3-7,9,11-13,15,17H2,1-2H3,(H,32,37)(H,31,33,34)/t;18-,20-/m.1/s1. The van der Waals surface area contributed by atoms with Crippen LogP contribution in [0, 0.1) is 16.7 Å². The number of hydrogen-bond acceptors (Lipinski definition) is 14. The highest BCUT2D eigenvalue weighted by Crippen LogP contribution is 2.54. The van der Waals surface area contributed by atoms with Crippen molar-refractivity contribution in [3.8, 4) is 11.5 Å². The molecule has 4 heterocycles. The number of halogens is 3. The minimum Gasteiger partial charge on any atom is -0.495 e. The molecular formula is C58H73F3N12O6. The van der Waals surface area contributed by atoms with Crippen molar-refractivity contribution in [1.29, 1.82) is 0 Å². The van der Waals surface area contributed by atoms with Gasteiger partial charge in [-0.2, -0.15) is 9.97 Å². The summed E-state index contributed by atoms with van der Waals surface area (Å²) in [6.07, 6.45) is 18.5. The molecule has 0 unspecified atom stereocenters. The second-order valence-corrected chi connectivity index (χ2v) is 23.4. The monoisotopic (exact) mass is 1090 g/mol. The highest BCUT2D eigenvalue weighted by atomic mass is 19.3. The molecule has 0 saturated heterocycles. The van der Waals surface area contributed by atoms with E-state index in [-0.39, 0.29) is 84.8 Å². The number of hydrogen-bond donors (Lipinski definition) is 4. The number of carbonyl (C=O) groups is 4. The van der Waals surface area contributed by atoms with Crippen LogP contribution in [-0.2, 0) is 9.59 Å². The predicted octanol–water partition coefficient (Wildman–Crippen LogP) is 9.64. The van der Waals surface area contributed by atoms with Gasteiger partial charge < -0.3 is 50.3 Å². The number of anilines is 8. The molecule has 6 fully saturated rings. The number of rotatable bonds is 13. The molecule has 2 spiro atoms. The smallest absolute Gasteiger partial charge is 0.251 e. The lowest BCUT2D eigenvalue weighted by Crippen LogP contribution is -2.41. The lowest BCUT2D eigenvalue weighted by atomic mass is 9.92. The Hall–Kier alpha value is -6.93. The molecule has 6 saturated carbocycles. The first kappa shape index (κ1) is 54.0. The van der Waals surface area contributed by atoms with Gasteiger partial charge >= 0.3 is 0 Å². The fraction of sp³-hybridized carbons (Fsp3) is 0.586. The summed E-state index contributed by atoms with van der Waals surface area (Å²) in [6.45, 7) is 1.04. The number of carbonyl (C=O) groups excluding carboxylic acids is 4. The minimum atomic E-state index is -2.64. The van der Waals surface area contributed by atoms with E-state index in [1.807, 2.05) is 14.1 Å². The molecular weight excluding hydrogens is 1020 g/mol. The maximum Gasteiger partial charge on any atom is 0.251 e. The largest absolute Gasteiger partial charge is 0.495 e. The third kappa shape index (κ3) is 11.2. The summed E-state index contributed by atoms with van der Waals surface area (Å²) in [5.41, 5.74) is 2.89. The molecule has 18 nitrogen and oxygen atoms in total. The Morgan fingerprint density at radius 3 is 1.47 bits per heavy atom. The molecule has 21 heteroatoms. The van der Waals surface area contributed by atoms with Gasteiger partial charge in [0.2, 0.25) is 29.6 Å². The normalized spacial score (nSPS) is 23.1. The SMILES string of the molecule is COc1cc(C(=O)NC2CCC(F)(F)CC2)ccc1Nc1ncc2c(n1)N(C1CCCC1)CC1(CC1)C(=O)N2C.COc1cc(C(=O)N[C@@H]2CC[C@@H](CF)C2)ccc1Nc1ncc2c(n1)N(C1CCCC1)CC1(CC1)C(=O)N2C. The van der Waals surface area contributed by atoms with Gasteiger partial charge in [0.1, 0.15) is 22.9 Å². The Kier molecular flexibility index (Phi) is 15.0. The molecule has 79 heavy (non-hydrogen) atoms. The topological polar surface area (TPSA) is 199 Å². The Morgan fingerprint density at radius 2 is 1.06 bits per heavy atom. The van der Waals surface area contributed by atoms with Crippen LogP contribution in [0.2, 0.25) is 0 Å². The van der Waals surface area contributed by atoms with Crippen molar-refractivity contribution in [3.05, 3.63) is 59.9 Å². The Labute approximate surface area is 459 Å². The van der Waals surface area contributed by atoms with Crippen LogP contribution in [0.1, 0.15) is 143 Å². The van der Waals surface area contributed by atoms with Gasteiger partial charge in [-0.25, -0.2) is 18.7 Å². The highest BCUT2D eigenvalue weighted by molar-refractivity contribution is 6.04. The Bertz CT molecular complexity index is 2950. The van der Waals surface area contributed by atoms with E-state index in [0.717, 1.165) is 81.5 Å². The average molecular weight is 1090 g/mol. The van der Waals surface area contributed by atoms with E-state index >= 15 is 0 Å². The van der Waals surface area contributed by atoms with Crippen molar-refractivity contribution in [2.45, 2.75) is 152 Å². The zero-order chi connectivity index (χ0) is 55.2. The number of ether oxygens (including phenoxy) is 2. The molecule has 0 bridgehead atoms. The molecule has 2 atom stereocenters. The molecule has 8 aliphatic rings. The molecule has 4 N–H and O–H groups in total. The maximum absolute atomic E-state index is 13.5. The predicted molar refractivity (Wildman–Crippen MR) is 295 cm³/mol. The van der Waals surface area contributed by atoms with Crippen molar-refractivity contribution in [2.75, 3.05) is 78.3 Å². The van der Waals surface area contributed by atoms with Gasteiger partial charge in [-0.15, -0.1) is 0 Å². The Balaban J connectivity index is 0.000000167. The second-order valence-electron chi connectivity index (χ2n) is 23.4. The number of aromatic nitrogens is 4. The molecule has 2 aromatic carbocycles. The summed E-state index contributed by atoms with van der Waals surface area (Å²) >= 11 is 0. The van der Waals surface area contributed by atoms with Crippen LogP contribution in [0.5, 0.6) is 11.5 Å². The van der Waals surface area contributed by atoms with E-state index in [4.69, 9.17) is 19.4 Å². The molecule has 422 valence electrons. The van der Waals surface area contributed by atoms with Gasteiger partial charge in [-0.3, -0.25) is 23.6 Å². The van der Waals surface area contributed by atoms with Gasteiger partial charge in [0, 0.05) is 75.3 Å². The summed E-state index contributed by atoms with van der Waals surface area (Å²) in [7, 11) is 6.70. The first-order valence-corrected chi connectivity index (χ1v) is 28.4. The molecule has 4 amide bonds. The first-order valence-electron chi connectivity index (χ1n) is 28.4. The minimum absolute atomic E-state index is 0.00220. The van der Waals surface area contributed by atoms with Crippen molar-refractivity contribution < 1.29 is 41.8 Å². The van der Waals surface area contributed by atoms with E-state index < -0.39 is 5.92 Å². The van der Waals surface area contributed by atoms with Gasteiger partial charge in [-0.1, -0.05) is 25.7 Å². The van der Waals surface area contributed by atoms with E-state index in [9.17, 15) is 32.3 Å². The van der Waals surface area contributed by atoms with Crippen LogP contribution in [0.15, 0.2) is 48.8 Å². The zero-order valence-corrected chi connectivity index (χ0v) is 45.7. The molecule has 4 aromatic rings. The van der Waals surface area contributed by atoms with Crippen LogP contribution in [0.4, 0.5) is 59.5 Å². The van der Waals surface area contributed by atoms with E-state index in [1.54, 1.807) is 65.7 Å². The van der Waals surface area contributed by atoms with E-state index in [1.165, 1.54) is 32.8 Å². The summed E-state index contributed by atoms with van der Waals surface area (Å²) in [5, 5.41) is 12.4. The zero-order valence-electron chi connectivity index (χ0n) is 45.7. The summed E-state index contributed by atoms with van der Waals surface area (Å²) < 4.78 is 51.1. The number of nitrogens with one attached hydrogen (secondary N) is 4. The fourth-order valence-electron chi connectivity index (χ4n) is 12.9. The van der Waals surface area contributed by atoms with Gasteiger partial charge in [-0.05, 0) is 126 Å². The van der Waals surface area contributed by atoms with Crippen LogP contribution in [0.25, 0.3) is 0 Å². The maximum atomic E-state index is 13.5. The average Bonchev–Trinajstić information content (AvgIpc) is 4.36. The molecule has 12 rings (SSSR count). The van der Waals surface area contributed by atoms with Crippen molar-refractivity contribution in [1.82, 2.24) is 30.6 Å². The van der Waals surface area contributed by atoms with Crippen molar-refractivity contribution in [2.24, 2.45) is 16.7 Å². The number of methoxy groups -OCH3 is 2. The van der Waals surface area contributed by atoms with Crippen LogP contribution >= 0.6 is 0 Å². The summed E-state index contributed by atoms with van der Waals surface area (Å²) in [5.74, 6) is 0.408. The lowest BCUT2D eigenvalue weighted by molar-refractivity contribution is -0.123. The third-order valence-electron chi connectivity index (χ3n) is 18.0. The van der Waals surface area contributed by atoms with Crippen LogP contribution in [0.3, 0.4) is 0 Å². The number of alkyl halides is 3. The van der Waals surface area contributed by atoms with Crippen LogP contribution < -0.4 is 50.3 Å². The van der Waals surface area contributed by atoms with Gasteiger partial charge in [0.15, 0.2) is 11.6 Å². The lowest BCUT2D eigenvalue weighted by Gasteiger charge is -2.31. The third-order valence-corrected chi connectivity index (χ3v) is 18.0. The number of benzene rings is 2. The quantitative estimate of drug-likeness (QED) is 0.0987. The van der Waals surface area contributed by atoms with E-state index in [0.29, 0.717) is 83.2 Å². The summed E-state index contributed by atoms with van der Waals surface area (Å²) in [6, 6.07) is 10.7. The summed E-state index contributed by atoms with van der Waals surface area (Å²) in [4.78, 5) is 79.3. The van der Waals surface area contributed by atoms with Crippen molar-refractivity contribution in [3.63, 3.8) is 0 Å². The number of nitrogens with zero attached hydrogens (tertiary/aromatic N) is 8. The second kappa shape index (κ2) is 22.0. The number of amides is 4. The molecule has 6 aliphatic carbocycles. The Morgan fingerprint density at radius 1 is 0.620 bits per heavy atom. The fourth-order valence-corrected chi connectivity index (χ4v) is 12.9. The van der Waals surface area contributed by atoms with Gasteiger partial charge in [0.25, 0.3) is 11.8 Å². The highest BCUT2D eigenvalue weighted by Gasteiger charge is 2.57. The van der Waals surface area contributed by atoms with E-state index in [2.05, 4.69) is 41.0 Å². The molecule has 2 aromatic heterocycles. The van der Waals surface area contributed by atoms with Crippen molar-refractivity contribution >= 4 is 69.9 Å². The first-order chi connectivity index (χ1) is 38.1. The van der Waals surface area contributed by atoms with Gasteiger partial charge in [0.05, 0.1) is 55.5 Å². The number of fused-ring (bicyclic) bond motifs is 2.